The number of carbonyl (C=O) groups is 1. The summed E-state index contributed by atoms with van der Waals surface area (Å²) >= 11 is 0. The second-order valence-corrected chi connectivity index (χ2v) is 4.01. The van der Waals surface area contributed by atoms with Crippen LogP contribution in [0, 0.1) is 11.3 Å². The molecular formula is C11H19N3O. The van der Waals surface area contributed by atoms with Crippen LogP contribution in [0.2, 0.25) is 0 Å². The summed E-state index contributed by atoms with van der Waals surface area (Å²) in [5, 5.41) is 11.8. The number of amides is 1. The minimum atomic E-state index is -0.300. The Kier molecular flexibility index (Phi) is 4.57. The fourth-order valence-corrected chi connectivity index (χ4v) is 1.83. The van der Waals surface area contributed by atoms with E-state index in [2.05, 4.69) is 25.2 Å². The maximum absolute atomic E-state index is 12.0. The van der Waals surface area contributed by atoms with Gasteiger partial charge in [-0.3, -0.25) is 4.79 Å². The van der Waals surface area contributed by atoms with Gasteiger partial charge in [0.15, 0.2) is 0 Å². The van der Waals surface area contributed by atoms with Crippen LogP contribution in [-0.4, -0.2) is 36.0 Å². The van der Waals surface area contributed by atoms with Crippen LogP contribution in [0.25, 0.3) is 0 Å². The molecule has 0 spiro atoms. The van der Waals surface area contributed by atoms with Gasteiger partial charge in [0.2, 0.25) is 5.91 Å². The molecular weight excluding hydrogens is 190 g/mol. The van der Waals surface area contributed by atoms with Gasteiger partial charge >= 0.3 is 0 Å². The van der Waals surface area contributed by atoms with E-state index in [9.17, 15) is 4.79 Å². The summed E-state index contributed by atoms with van der Waals surface area (Å²) in [6.07, 6.45) is 2.20. The Hall–Kier alpha value is -1.08. The van der Waals surface area contributed by atoms with E-state index in [1.54, 1.807) is 0 Å². The van der Waals surface area contributed by atoms with E-state index < -0.39 is 0 Å². The molecule has 1 aliphatic heterocycles. The lowest BCUT2D eigenvalue weighted by molar-refractivity contribution is -0.134. The molecule has 2 unspecified atom stereocenters. The van der Waals surface area contributed by atoms with Gasteiger partial charge in [0, 0.05) is 12.6 Å². The third-order valence-corrected chi connectivity index (χ3v) is 2.97. The zero-order valence-electron chi connectivity index (χ0n) is 9.49. The van der Waals surface area contributed by atoms with Crippen molar-refractivity contribution in [2.24, 2.45) is 0 Å². The van der Waals surface area contributed by atoms with E-state index in [0.29, 0.717) is 0 Å². The number of hydrogen-bond donors (Lipinski definition) is 1. The van der Waals surface area contributed by atoms with E-state index in [1.165, 1.54) is 0 Å². The molecule has 0 bridgehead atoms. The second-order valence-electron chi connectivity index (χ2n) is 4.01. The molecule has 84 valence electrons. The largest absolute Gasteiger partial charge is 0.339 e. The van der Waals surface area contributed by atoms with Gasteiger partial charge in [0.25, 0.3) is 0 Å². The van der Waals surface area contributed by atoms with Gasteiger partial charge < -0.3 is 10.2 Å². The highest BCUT2D eigenvalue weighted by Crippen LogP contribution is 2.11. The third kappa shape index (κ3) is 2.93. The second kappa shape index (κ2) is 5.72. The molecule has 2 atom stereocenters. The van der Waals surface area contributed by atoms with Gasteiger partial charge in [-0.05, 0) is 26.3 Å². The van der Waals surface area contributed by atoms with Gasteiger partial charge in [0.05, 0.1) is 18.5 Å². The first-order valence-electron chi connectivity index (χ1n) is 5.61. The monoisotopic (exact) mass is 209 g/mol. The van der Waals surface area contributed by atoms with Crippen molar-refractivity contribution in [2.45, 2.75) is 45.2 Å². The number of nitriles is 1. The van der Waals surface area contributed by atoms with Gasteiger partial charge in [-0.2, -0.15) is 5.26 Å². The molecule has 4 heteroatoms. The van der Waals surface area contributed by atoms with E-state index in [4.69, 9.17) is 5.26 Å². The first kappa shape index (κ1) is 12.0. The molecule has 1 heterocycles. The van der Waals surface area contributed by atoms with Crippen molar-refractivity contribution in [3.8, 4) is 6.07 Å². The Balaban J connectivity index is 2.71. The first-order chi connectivity index (χ1) is 7.20. The predicted molar refractivity (Wildman–Crippen MR) is 58.1 cm³/mol. The van der Waals surface area contributed by atoms with Gasteiger partial charge in [-0.25, -0.2) is 0 Å². The van der Waals surface area contributed by atoms with Crippen molar-refractivity contribution in [2.75, 3.05) is 13.1 Å². The van der Waals surface area contributed by atoms with Crippen LogP contribution in [0.15, 0.2) is 0 Å². The Morgan fingerprint density at radius 3 is 3.07 bits per heavy atom. The molecule has 4 nitrogen and oxygen atoms in total. The zero-order valence-corrected chi connectivity index (χ0v) is 9.49. The molecule has 1 saturated heterocycles. The fourth-order valence-electron chi connectivity index (χ4n) is 1.83. The molecule has 1 fully saturated rings. The van der Waals surface area contributed by atoms with E-state index in [-0.39, 0.29) is 24.4 Å². The SMILES string of the molecule is CCC(C)N1CCCNC(CC#N)C1=O. The van der Waals surface area contributed by atoms with Crippen molar-refractivity contribution in [1.82, 2.24) is 10.2 Å². The summed E-state index contributed by atoms with van der Waals surface area (Å²) in [5.41, 5.74) is 0. The highest BCUT2D eigenvalue weighted by molar-refractivity contribution is 5.82. The van der Waals surface area contributed by atoms with Crippen LogP contribution < -0.4 is 5.32 Å². The van der Waals surface area contributed by atoms with Crippen LogP contribution in [0.4, 0.5) is 0 Å². The summed E-state index contributed by atoms with van der Waals surface area (Å²) in [6, 6.07) is 2.04. The van der Waals surface area contributed by atoms with E-state index >= 15 is 0 Å². The molecule has 0 aromatic carbocycles. The van der Waals surface area contributed by atoms with Crippen LogP contribution >= 0.6 is 0 Å². The molecule has 1 aliphatic rings. The Morgan fingerprint density at radius 2 is 2.47 bits per heavy atom. The average Bonchev–Trinajstić information content (AvgIpc) is 2.42. The lowest BCUT2D eigenvalue weighted by Crippen LogP contribution is -2.46. The number of carbonyl (C=O) groups excluding carboxylic acids is 1. The standard InChI is InChI=1S/C11H19N3O/c1-3-9(2)14-8-4-7-13-10(5-6-12)11(14)15/h9-10,13H,3-5,7-8H2,1-2H3. The van der Waals surface area contributed by atoms with Crippen molar-refractivity contribution < 1.29 is 4.79 Å². The van der Waals surface area contributed by atoms with Crippen LogP contribution in [0.3, 0.4) is 0 Å². The van der Waals surface area contributed by atoms with Crippen LogP contribution in [0.5, 0.6) is 0 Å². The van der Waals surface area contributed by atoms with Crippen molar-refractivity contribution in [1.29, 1.82) is 5.26 Å². The Bertz CT molecular complexity index is 259. The van der Waals surface area contributed by atoms with Crippen molar-refractivity contribution in [3.63, 3.8) is 0 Å². The van der Waals surface area contributed by atoms with Gasteiger partial charge in [-0.1, -0.05) is 6.92 Å². The van der Waals surface area contributed by atoms with Gasteiger partial charge in [0.1, 0.15) is 0 Å². The lowest BCUT2D eigenvalue weighted by Gasteiger charge is -2.28. The summed E-state index contributed by atoms with van der Waals surface area (Å²) in [4.78, 5) is 14.0. The van der Waals surface area contributed by atoms with Crippen molar-refractivity contribution in [3.05, 3.63) is 0 Å². The van der Waals surface area contributed by atoms with Crippen molar-refractivity contribution >= 4 is 5.91 Å². The number of nitrogens with one attached hydrogen (secondary N) is 1. The summed E-state index contributed by atoms with van der Waals surface area (Å²) in [5.74, 6) is 0.0865. The molecule has 0 aromatic heterocycles. The Morgan fingerprint density at radius 1 is 1.73 bits per heavy atom. The highest BCUT2D eigenvalue weighted by Gasteiger charge is 2.28. The summed E-state index contributed by atoms with van der Waals surface area (Å²) in [7, 11) is 0. The number of hydrogen-bond acceptors (Lipinski definition) is 3. The zero-order chi connectivity index (χ0) is 11.3. The molecule has 0 saturated carbocycles. The molecule has 1 N–H and O–H groups in total. The van der Waals surface area contributed by atoms with E-state index in [1.807, 2.05) is 4.90 Å². The summed E-state index contributed by atoms with van der Waals surface area (Å²) < 4.78 is 0. The quantitative estimate of drug-likeness (QED) is 0.751. The number of rotatable bonds is 3. The maximum Gasteiger partial charge on any atom is 0.241 e. The molecule has 0 aliphatic carbocycles. The third-order valence-electron chi connectivity index (χ3n) is 2.97. The maximum atomic E-state index is 12.0. The molecule has 0 radical (unpaired) electrons. The number of nitrogens with zero attached hydrogens (tertiary/aromatic N) is 2. The topological polar surface area (TPSA) is 56.1 Å². The molecule has 1 amide bonds. The smallest absolute Gasteiger partial charge is 0.241 e. The van der Waals surface area contributed by atoms with Crippen LogP contribution in [0.1, 0.15) is 33.1 Å². The van der Waals surface area contributed by atoms with Crippen LogP contribution in [-0.2, 0) is 4.79 Å². The minimum absolute atomic E-state index is 0.0865. The summed E-state index contributed by atoms with van der Waals surface area (Å²) in [6.45, 7) is 5.77. The Labute approximate surface area is 91.2 Å². The fraction of sp³-hybridized carbons (Fsp3) is 0.818. The average molecular weight is 209 g/mol. The van der Waals surface area contributed by atoms with Gasteiger partial charge in [-0.15, -0.1) is 0 Å². The molecule has 15 heavy (non-hydrogen) atoms. The first-order valence-corrected chi connectivity index (χ1v) is 5.61. The van der Waals surface area contributed by atoms with E-state index in [0.717, 1.165) is 25.9 Å². The molecule has 1 rings (SSSR count). The normalized spacial score (nSPS) is 24.5. The minimum Gasteiger partial charge on any atom is -0.339 e. The molecule has 0 aromatic rings. The highest BCUT2D eigenvalue weighted by atomic mass is 16.2. The lowest BCUT2D eigenvalue weighted by atomic mass is 10.1. The predicted octanol–water partition coefficient (Wildman–Crippen LogP) is 0.889.